The molecular weight excluding hydrogens is 1200 g/mol. The minimum Gasteiger partial charge on any atom is -0.497 e. The Morgan fingerprint density at radius 1 is 0.478 bits per heavy atom. The largest absolute Gasteiger partial charge is 0.497 e. The first kappa shape index (κ1) is 57.3. The molecule has 8 bridgehead atoms. The molecule has 8 aliphatic carbocycles. The Labute approximate surface area is 543 Å². The van der Waals surface area contributed by atoms with Crippen LogP contribution in [0.15, 0.2) is 135 Å². The van der Waals surface area contributed by atoms with Crippen molar-refractivity contribution in [3.63, 3.8) is 0 Å². The van der Waals surface area contributed by atoms with E-state index in [-0.39, 0.29) is 49.2 Å². The molecule has 7 heterocycles. The van der Waals surface area contributed by atoms with E-state index in [0.717, 1.165) is 118 Å². The van der Waals surface area contributed by atoms with Gasteiger partial charge in [0.1, 0.15) is 39.9 Å². The number of fused-ring (bicyclic) bond motifs is 12. The second-order valence-electron chi connectivity index (χ2n) is 28.8. The second-order valence-corrected chi connectivity index (χ2v) is 30.9. The summed E-state index contributed by atoms with van der Waals surface area (Å²) in [7, 11) is 4.99. The van der Waals surface area contributed by atoms with Crippen LogP contribution in [0.2, 0.25) is 0 Å². The third-order valence-corrected chi connectivity index (χ3v) is 26.4. The van der Waals surface area contributed by atoms with Crippen LogP contribution in [0.5, 0.6) is 28.7 Å². The Kier molecular flexibility index (Phi) is 13.1. The Morgan fingerprint density at radius 3 is 1.67 bits per heavy atom. The standard InChI is InChI=1S/C75H74O15S2/c1-71(45-24-39-21-40(26-45)27-46(71)25-39)89-69(76)62-37-84-75(88-62)53-12-7-9-50(67(53)91-64-19-16-49(80-4)31-57(64)75)60-28-44(35-81-60)61-36-82-74(86-61)54-13-8-10-51(68(54)92-65-20-17-48(79-3)30-56(65)74)66-42-22-41-23-43(66)34-72(32-41,33-42)90-70(77)63-38-83-73(87-63)52-11-5-6-14-58(52)85-59-18-15-47(78-2)29-55(59)73/h5-20,29-31,39-46,60-63,66H,21-28,32-38H2,1-4H3. The van der Waals surface area contributed by atoms with E-state index < -0.39 is 40.8 Å². The van der Waals surface area contributed by atoms with Crippen molar-refractivity contribution in [2.24, 2.45) is 47.3 Å². The Bertz CT molecular complexity index is 4010. The van der Waals surface area contributed by atoms with Crippen LogP contribution in [0.25, 0.3) is 0 Å². The van der Waals surface area contributed by atoms with Gasteiger partial charge >= 0.3 is 11.9 Å². The van der Waals surface area contributed by atoms with Crippen LogP contribution in [0.4, 0.5) is 0 Å². The highest BCUT2D eigenvalue weighted by Gasteiger charge is 2.63. The molecule has 21 rings (SSSR count). The molecule has 17 heteroatoms. The van der Waals surface area contributed by atoms with E-state index in [1.807, 2.05) is 60.7 Å². The van der Waals surface area contributed by atoms with Crippen molar-refractivity contribution < 1.29 is 71.2 Å². The van der Waals surface area contributed by atoms with Crippen LogP contribution < -0.4 is 18.9 Å². The molecule has 15 nitrogen and oxygen atoms in total. The van der Waals surface area contributed by atoms with Crippen LogP contribution in [-0.4, -0.2) is 89.2 Å². The lowest BCUT2D eigenvalue weighted by molar-refractivity contribution is -0.216. The van der Waals surface area contributed by atoms with Gasteiger partial charge in [0, 0.05) is 47.8 Å². The number of carbonyl (C=O) groups is 2. The highest BCUT2D eigenvalue weighted by atomic mass is 32.2. The predicted molar refractivity (Wildman–Crippen MR) is 335 cm³/mol. The molecule has 4 saturated heterocycles. The number of methoxy groups -OCH3 is 3. The normalized spacial score (nSPS) is 38.1. The van der Waals surface area contributed by atoms with E-state index >= 15 is 0 Å². The van der Waals surface area contributed by atoms with Gasteiger partial charge in [-0.2, -0.15) is 0 Å². The van der Waals surface area contributed by atoms with Gasteiger partial charge in [0.05, 0.1) is 71.1 Å². The van der Waals surface area contributed by atoms with E-state index in [9.17, 15) is 9.59 Å². The maximum Gasteiger partial charge on any atom is 0.338 e. The number of para-hydroxylation sites is 1. The molecule has 15 aliphatic rings. The Hall–Kier alpha value is -6.12. The van der Waals surface area contributed by atoms with Gasteiger partial charge in [-0.25, -0.2) is 9.59 Å². The number of hydrogen-bond donors (Lipinski definition) is 0. The van der Waals surface area contributed by atoms with Crippen molar-refractivity contribution >= 4 is 35.5 Å². The molecule has 10 atom stereocenters. The summed E-state index contributed by atoms with van der Waals surface area (Å²) in [5.74, 6) is 2.13. The molecule has 92 heavy (non-hydrogen) atoms. The molecule has 0 radical (unpaired) electrons. The number of ether oxygens (including phenoxy) is 13. The number of benzene rings is 6. The molecule has 0 N–H and O–H groups in total. The average Bonchev–Trinajstić information content (AvgIpc) is 1.23. The predicted octanol–water partition coefficient (Wildman–Crippen LogP) is 14.0. The lowest BCUT2D eigenvalue weighted by Crippen LogP contribution is -2.58. The number of esters is 2. The van der Waals surface area contributed by atoms with Crippen molar-refractivity contribution in [3.8, 4) is 28.7 Å². The van der Waals surface area contributed by atoms with E-state index in [1.54, 1.807) is 44.9 Å². The molecule has 0 aromatic heterocycles. The van der Waals surface area contributed by atoms with Crippen molar-refractivity contribution in [2.75, 3.05) is 47.8 Å². The van der Waals surface area contributed by atoms with Crippen LogP contribution >= 0.6 is 23.5 Å². The molecule has 7 aliphatic heterocycles. The van der Waals surface area contributed by atoms with Gasteiger partial charge in [0.15, 0.2) is 12.2 Å². The third-order valence-electron chi connectivity index (χ3n) is 24.0. The molecule has 3 spiro atoms. The lowest BCUT2D eigenvalue weighted by Gasteiger charge is -2.59. The Balaban J connectivity index is 0.583. The van der Waals surface area contributed by atoms with E-state index in [2.05, 4.69) is 61.5 Å². The lowest BCUT2D eigenvalue weighted by atomic mass is 9.49. The molecule has 12 fully saturated rings. The monoisotopic (exact) mass is 1280 g/mol. The summed E-state index contributed by atoms with van der Waals surface area (Å²) in [6.45, 7) is 3.13. The molecular formula is C75H74O15S2. The van der Waals surface area contributed by atoms with Gasteiger partial charge in [0.25, 0.3) is 0 Å². The zero-order valence-electron chi connectivity index (χ0n) is 52.0. The van der Waals surface area contributed by atoms with Gasteiger partial charge in [-0.15, -0.1) is 0 Å². The second kappa shape index (κ2) is 20.9. The molecule has 476 valence electrons. The highest BCUT2D eigenvalue weighted by molar-refractivity contribution is 7.99. The summed E-state index contributed by atoms with van der Waals surface area (Å²) in [5.41, 5.74) is 6.20. The summed E-state index contributed by atoms with van der Waals surface area (Å²) in [4.78, 5) is 33.4. The first-order valence-corrected chi connectivity index (χ1v) is 35.0. The maximum atomic E-state index is 14.7. The first-order valence-electron chi connectivity index (χ1n) is 33.3. The summed E-state index contributed by atoms with van der Waals surface area (Å²) in [6.07, 6.45) is 8.70. The average molecular weight is 1280 g/mol. The van der Waals surface area contributed by atoms with Crippen LogP contribution in [-0.2, 0) is 69.6 Å². The molecule has 10 unspecified atom stereocenters. The van der Waals surface area contributed by atoms with Gasteiger partial charge in [-0.3, -0.25) is 0 Å². The van der Waals surface area contributed by atoms with Gasteiger partial charge in [0.2, 0.25) is 17.4 Å². The number of hydrogen-bond acceptors (Lipinski definition) is 17. The minimum absolute atomic E-state index is 0.00357. The zero-order chi connectivity index (χ0) is 61.6. The van der Waals surface area contributed by atoms with E-state index in [4.69, 9.17) is 61.6 Å². The topological polar surface area (TPSA) is 154 Å². The highest BCUT2D eigenvalue weighted by Crippen LogP contribution is 2.67. The summed E-state index contributed by atoms with van der Waals surface area (Å²) in [5, 5.41) is 0. The van der Waals surface area contributed by atoms with Gasteiger partial charge in [-0.1, -0.05) is 72.1 Å². The van der Waals surface area contributed by atoms with Crippen molar-refractivity contribution in [1.82, 2.24) is 0 Å². The molecule has 0 amide bonds. The number of rotatable bonds is 10. The van der Waals surface area contributed by atoms with Crippen molar-refractivity contribution in [1.29, 1.82) is 0 Å². The molecule has 6 aromatic rings. The van der Waals surface area contributed by atoms with Gasteiger partial charge in [-0.05, 0) is 203 Å². The third kappa shape index (κ3) is 8.47. The zero-order valence-corrected chi connectivity index (χ0v) is 53.7. The Morgan fingerprint density at radius 2 is 1.02 bits per heavy atom. The fraction of sp³-hybridized carbons (Fsp3) is 0.493. The fourth-order valence-corrected chi connectivity index (χ4v) is 22.8. The van der Waals surface area contributed by atoms with Crippen molar-refractivity contribution in [2.45, 2.75) is 156 Å². The number of carbonyl (C=O) groups excluding carboxylic acids is 2. The summed E-state index contributed by atoms with van der Waals surface area (Å²) < 4.78 is 86.4. The van der Waals surface area contributed by atoms with Gasteiger partial charge < -0.3 is 61.6 Å². The van der Waals surface area contributed by atoms with E-state index in [1.165, 1.54) is 16.9 Å². The van der Waals surface area contributed by atoms with Crippen molar-refractivity contribution in [3.05, 3.63) is 160 Å². The van der Waals surface area contributed by atoms with Crippen LogP contribution in [0.1, 0.15) is 134 Å². The maximum absolute atomic E-state index is 14.7. The summed E-state index contributed by atoms with van der Waals surface area (Å²) in [6, 6.07) is 38.5. The fourth-order valence-electron chi connectivity index (χ4n) is 20.2. The minimum atomic E-state index is -1.37. The SMILES string of the molecule is COc1ccc2c(c1)C1(OCC(C(=O)OC34CC5CC(C3)C(c3cccc6c3Sc3ccc(OC)cc3C63OCC(C6COC(c7cccc8c7Sc7ccc(OC)cc7C87OCC(C(=O)OC8(C)C9CC%10CC(C9)CC8C%10)O7)C6)O3)C(C5)C4)O1)c1ccccc1O2. The van der Waals surface area contributed by atoms with E-state index in [0.29, 0.717) is 83.3 Å². The van der Waals surface area contributed by atoms with Crippen LogP contribution in [0, 0.1) is 47.3 Å². The van der Waals surface area contributed by atoms with Crippen LogP contribution in [0.3, 0.4) is 0 Å². The molecule has 6 aromatic carbocycles. The molecule has 8 saturated carbocycles. The quantitative estimate of drug-likeness (QED) is 0.119. The smallest absolute Gasteiger partial charge is 0.338 e. The summed E-state index contributed by atoms with van der Waals surface area (Å²) >= 11 is 3.48. The first-order chi connectivity index (χ1) is 44.8.